The quantitative estimate of drug-likeness (QED) is 0.673. The first kappa shape index (κ1) is 18.6. The Hall–Kier alpha value is -3.19. The Kier molecular flexibility index (Phi) is 5.83. The van der Waals surface area contributed by atoms with Gasteiger partial charge in [-0.25, -0.2) is 4.98 Å². The van der Waals surface area contributed by atoms with Crippen molar-refractivity contribution in [2.45, 2.75) is 20.0 Å². The third kappa shape index (κ3) is 4.92. The smallest absolute Gasteiger partial charge is 0.265 e. The van der Waals surface area contributed by atoms with Crippen molar-refractivity contribution in [3.05, 3.63) is 71.2 Å². The number of nitrogens with one attached hydrogen (secondary N) is 2. The van der Waals surface area contributed by atoms with Crippen molar-refractivity contribution < 1.29 is 14.3 Å². The Morgan fingerprint density at radius 2 is 1.81 bits per heavy atom. The van der Waals surface area contributed by atoms with Gasteiger partial charge in [0.1, 0.15) is 5.75 Å². The van der Waals surface area contributed by atoms with Crippen molar-refractivity contribution in [3.8, 4) is 5.75 Å². The van der Waals surface area contributed by atoms with Gasteiger partial charge < -0.3 is 10.1 Å². The minimum absolute atomic E-state index is 0.340. The molecule has 1 atom stereocenters. The predicted molar refractivity (Wildman–Crippen MR) is 106 cm³/mol. The molecule has 0 saturated heterocycles. The van der Waals surface area contributed by atoms with E-state index in [1.807, 2.05) is 31.2 Å². The second kappa shape index (κ2) is 8.46. The summed E-state index contributed by atoms with van der Waals surface area (Å²) in [5.74, 6) is -0.0731. The number of hydrogen-bond donors (Lipinski definition) is 2. The fourth-order valence-corrected chi connectivity index (χ4v) is 2.87. The monoisotopic (exact) mass is 381 g/mol. The third-order valence-electron chi connectivity index (χ3n) is 3.79. The van der Waals surface area contributed by atoms with Crippen LogP contribution in [0.5, 0.6) is 5.75 Å². The largest absolute Gasteiger partial charge is 0.481 e. The van der Waals surface area contributed by atoms with E-state index < -0.39 is 6.10 Å². The Labute approximate surface area is 161 Å². The van der Waals surface area contributed by atoms with E-state index in [1.54, 1.807) is 42.8 Å². The van der Waals surface area contributed by atoms with Gasteiger partial charge in [-0.2, -0.15) is 0 Å². The number of nitrogens with zero attached hydrogens (tertiary/aromatic N) is 1. The number of amides is 2. The molecule has 1 aromatic heterocycles. The molecule has 7 heteroatoms. The SMILES string of the molecule is Cc1ccc(OC(C)C(=O)Nc2ccccc2C(=O)Nc2nccs2)cc1. The molecule has 2 aromatic carbocycles. The highest BCUT2D eigenvalue weighted by Gasteiger charge is 2.19. The third-order valence-corrected chi connectivity index (χ3v) is 4.47. The van der Waals surface area contributed by atoms with E-state index in [9.17, 15) is 9.59 Å². The number of carbonyl (C=O) groups excluding carboxylic acids is 2. The Morgan fingerprint density at radius 3 is 2.52 bits per heavy atom. The second-order valence-corrected chi connectivity index (χ2v) is 6.79. The van der Waals surface area contributed by atoms with Crippen molar-refractivity contribution in [2.24, 2.45) is 0 Å². The molecule has 0 aliphatic rings. The number of hydrogen-bond acceptors (Lipinski definition) is 5. The standard InChI is InChI=1S/C20H19N3O3S/c1-13-7-9-15(10-8-13)26-14(2)18(24)22-17-6-4-3-5-16(17)19(25)23-20-21-11-12-27-20/h3-12,14H,1-2H3,(H,22,24)(H,21,23,25). The lowest BCUT2D eigenvalue weighted by atomic mass is 10.1. The van der Waals surface area contributed by atoms with E-state index in [0.717, 1.165) is 5.56 Å². The molecule has 0 aliphatic heterocycles. The van der Waals surface area contributed by atoms with Gasteiger partial charge in [0, 0.05) is 11.6 Å². The van der Waals surface area contributed by atoms with E-state index in [-0.39, 0.29) is 11.8 Å². The molecular weight excluding hydrogens is 362 g/mol. The van der Waals surface area contributed by atoms with Gasteiger partial charge in [-0.15, -0.1) is 11.3 Å². The van der Waals surface area contributed by atoms with Crippen LogP contribution < -0.4 is 15.4 Å². The molecule has 0 fully saturated rings. The van der Waals surface area contributed by atoms with E-state index in [4.69, 9.17) is 4.74 Å². The Morgan fingerprint density at radius 1 is 1.07 bits per heavy atom. The van der Waals surface area contributed by atoms with E-state index in [1.165, 1.54) is 11.3 Å². The molecular formula is C20H19N3O3S. The van der Waals surface area contributed by atoms with Crippen LogP contribution in [0.1, 0.15) is 22.8 Å². The average molecular weight is 381 g/mol. The highest BCUT2D eigenvalue weighted by Crippen LogP contribution is 2.20. The van der Waals surface area contributed by atoms with E-state index >= 15 is 0 Å². The topological polar surface area (TPSA) is 80.3 Å². The van der Waals surface area contributed by atoms with Crippen molar-refractivity contribution in [2.75, 3.05) is 10.6 Å². The average Bonchev–Trinajstić information content (AvgIpc) is 3.17. The lowest BCUT2D eigenvalue weighted by Crippen LogP contribution is -2.31. The summed E-state index contributed by atoms with van der Waals surface area (Å²) in [5, 5.41) is 7.74. The van der Waals surface area contributed by atoms with E-state index in [2.05, 4.69) is 15.6 Å². The lowest BCUT2D eigenvalue weighted by molar-refractivity contribution is -0.122. The van der Waals surface area contributed by atoms with Gasteiger partial charge in [0.05, 0.1) is 11.3 Å². The minimum Gasteiger partial charge on any atom is -0.481 e. The normalized spacial score (nSPS) is 11.5. The van der Waals surface area contributed by atoms with Crippen LogP contribution in [-0.2, 0) is 4.79 Å². The number of ether oxygens (including phenoxy) is 1. The molecule has 138 valence electrons. The number of thiazole rings is 1. The molecule has 2 amide bonds. The van der Waals surface area contributed by atoms with Gasteiger partial charge in [-0.1, -0.05) is 29.8 Å². The number of rotatable bonds is 6. The maximum absolute atomic E-state index is 12.5. The number of aryl methyl sites for hydroxylation is 1. The minimum atomic E-state index is -0.720. The van der Waals surface area contributed by atoms with Crippen molar-refractivity contribution in [1.29, 1.82) is 0 Å². The van der Waals surface area contributed by atoms with Crippen LogP contribution in [0.3, 0.4) is 0 Å². The first-order valence-electron chi connectivity index (χ1n) is 8.37. The van der Waals surface area contributed by atoms with Gasteiger partial charge in [0.15, 0.2) is 11.2 Å². The number of benzene rings is 2. The highest BCUT2D eigenvalue weighted by atomic mass is 32.1. The maximum Gasteiger partial charge on any atom is 0.265 e. The highest BCUT2D eigenvalue weighted by molar-refractivity contribution is 7.13. The summed E-state index contributed by atoms with van der Waals surface area (Å²) in [4.78, 5) is 29.0. The van der Waals surface area contributed by atoms with Crippen molar-refractivity contribution >= 4 is 34.0 Å². The van der Waals surface area contributed by atoms with Gasteiger partial charge in [0.2, 0.25) is 0 Å². The van der Waals surface area contributed by atoms with Crippen molar-refractivity contribution in [1.82, 2.24) is 4.98 Å². The molecule has 0 radical (unpaired) electrons. The zero-order chi connectivity index (χ0) is 19.2. The van der Waals surface area contributed by atoms with Crippen LogP contribution in [0.25, 0.3) is 0 Å². The van der Waals surface area contributed by atoms with Gasteiger partial charge >= 0.3 is 0 Å². The Balaban J connectivity index is 1.68. The molecule has 3 rings (SSSR count). The first-order chi connectivity index (χ1) is 13.0. The zero-order valence-corrected chi connectivity index (χ0v) is 15.7. The summed E-state index contributed by atoms with van der Waals surface area (Å²) in [6, 6.07) is 14.3. The molecule has 2 N–H and O–H groups in total. The summed E-state index contributed by atoms with van der Waals surface area (Å²) in [5.41, 5.74) is 1.87. The molecule has 1 unspecified atom stereocenters. The number of anilines is 2. The molecule has 0 spiro atoms. The van der Waals surface area contributed by atoms with Crippen LogP contribution in [-0.4, -0.2) is 22.9 Å². The zero-order valence-electron chi connectivity index (χ0n) is 14.9. The van der Waals surface area contributed by atoms with Gasteiger partial charge in [-0.05, 0) is 38.1 Å². The fraction of sp³-hybridized carbons (Fsp3) is 0.150. The summed E-state index contributed by atoms with van der Waals surface area (Å²) in [7, 11) is 0. The van der Waals surface area contributed by atoms with Crippen LogP contribution in [0, 0.1) is 6.92 Å². The number of para-hydroxylation sites is 1. The Bertz CT molecular complexity index is 924. The second-order valence-electron chi connectivity index (χ2n) is 5.90. The first-order valence-corrected chi connectivity index (χ1v) is 9.25. The summed E-state index contributed by atoms with van der Waals surface area (Å²) in [6.45, 7) is 3.64. The fourth-order valence-electron chi connectivity index (χ4n) is 2.35. The summed E-state index contributed by atoms with van der Waals surface area (Å²) < 4.78 is 5.67. The molecule has 0 bridgehead atoms. The van der Waals surface area contributed by atoms with Crippen LogP contribution in [0.15, 0.2) is 60.1 Å². The van der Waals surface area contributed by atoms with Crippen LogP contribution in [0.2, 0.25) is 0 Å². The van der Waals surface area contributed by atoms with Gasteiger partial charge in [0.25, 0.3) is 11.8 Å². The molecule has 27 heavy (non-hydrogen) atoms. The van der Waals surface area contributed by atoms with Crippen LogP contribution >= 0.6 is 11.3 Å². The molecule has 3 aromatic rings. The maximum atomic E-state index is 12.5. The molecule has 1 heterocycles. The number of aromatic nitrogens is 1. The van der Waals surface area contributed by atoms with Crippen LogP contribution in [0.4, 0.5) is 10.8 Å². The van der Waals surface area contributed by atoms with Gasteiger partial charge in [-0.3, -0.25) is 14.9 Å². The predicted octanol–water partition coefficient (Wildman–Crippen LogP) is 4.11. The molecule has 0 aliphatic carbocycles. The molecule has 0 saturated carbocycles. The van der Waals surface area contributed by atoms with Crippen molar-refractivity contribution in [3.63, 3.8) is 0 Å². The van der Waals surface area contributed by atoms with E-state index in [0.29, 0.717) is 22.1 Å². The number of carbonyl (C=O) groups is 2. The summed E-state index contributed by atoms with van der Waals surface area (Å²) in [6.07, 6.45) is 0.890. The lowest BCUT2D eigenvalue weighted by Gasteiger charge is -2.16. The molecule has 6 nitrogen and oxygen atoms in total. The summed E-state index contributed by atoms with van der Waals surface area (Å²) >= 11 is 1.32.